The standard InChI is InChI=1S/C22H25N5OS/c1-16-4-2-3-5-21(16)29-15-22(28)26-18-6-8-19(9-7-18)27-14-17(12-25-27)20-13-23-10-11-24-20/h2-5,10-14,18-19H,6-9,15H2,1H3,(H,26,28). The first-order valence-electron chi connectivity index (χ1n) is 9.97. The lowest BCUT2D eigenvalue weighted by Gasteiger charge is -2.29. The van der Waals surface area contributed by atoms with Gasteiger partial charge in [0.15, 0.2) is 0 Å². The molecule has 4 rings (SSSR count). The van der Waals surface area contributed by atoms with E-state index in [-0.39, 0.29) is 11.9 Å². The first-order valence-corrected chi connectivity index (χ1v) is 11.0. The molecule has 6 nitrogen and oxygen atoms in total. The number of nitrogens with zero attached hydrogens (tertiary/aromatic N) is 4. The Morgan fingerprint density at radius 3 is 2.76 bits per heavy atom. The van der Waals surface area contributed by atoms with Gasteiger partial charge in [0.1, 0.15) is 0 Å². The number of aromatic nitrogens is 4. The van der Waals surface area contributed by atoms with Gasteiger partial charge >= 0.3 is 0 Å². The van der Waals surface area contributed by atoms with Crippen LogP contribution >= 0.6 is 11.8 Å². The monoisotopic (exact) mass is 407 g/mol. The summed E-state index contributed by atoms with van der Waals surface area (Å²) < 4.78 is 2.04. The van der Waals surface area contributed by atoms with Crippen LogP contribution < -0.4 is 5.32 Å². The van der Waals surface area contributed by atoms with E-state index in [0.717, 1.165) is 36.9 Å². The minimum absolute atomic E-state index is 0.116. The topological polar surface area (TPSA) is 72.7 Å². The summed E-state index contributed by atoms with van der Waals surface area (Å²) in [6, 6.07) is 8.80. The Labute approximate surface area is 175 Å². The second-order valence-corrected chi connectivity index (χ2v) is 8.44. The van der Waals surface area contributed by atoms with Crippen molar-refractivity contribution in [3.8, 4) is 11.3 Å². The van der Waals surface area contributed by atoms with Crippen LogP contribution in [-0.4, -0.2) is 37.5 Å². The number of carbonyl (C=O) groups is 1. The van der Waals surface area contributed by atoms with E-state index in [1.165, 1.54) is 10.5 Å². The van der Waals surface area contributed by atoms with Crippen LogP contribution in [0, 0.1) is 6.92 Å². The predicted octanol–water partition coefficient (Wildman–Crippen LogP) is 4.04. The van der Waals surface area contributed by atoms with Gasteiger partial charge in [-0.2, -0.15) is 5.10 Å². The van der Waals surface area contributed by atoms with Crippen molar-refractivity contribution in [3.05, 3.63) is 60.8 Å². The molecule has 1 amide bonds. The quantitative estimate of drug-likeness (QED) is 0.624. The zero-order valence-electron chi connectivity index (χ0n) is 16.5. The van der Waals surface area contributed by atoms with Crippen LogP contribution in [0.1, 0.15) is 37.3 Å². The van der Waals surface area contributed by atoms with Gasteiger partial charge < -0.3 is 5.32 Å². The van der Waals surface area contributed by atoms with E-state index in [1.807, 2.05) is 29.2 Å². The van der Waals surface area contributed by atoms with Crippen LogP contribution in [0.2, 0.25) is 0 Å². The number of amides is 1. The van der Waals surface area contributed by atoms with E-state index in [4.69, 9.17) is 0 Å². The Morgan fingerprint density at radius 1 is 1.17 bits per heavy atom. The highest BCUT2D eigenvalue weighted by Crippen LogP contribution is 2.29. The zero-order valence-corrected chi connectivity index (χ0v) is 17.3. The maximum absolute atomic E-state index is 12.3. The molecule has 1 fully saturated rings. The van der Waals surface area contributed by atoms with Crippen molar-refractivity contribution in [2.75, 3.05) is 5.75 Å². The summed E-state index contributed by atoms with van der Waals surface area (Å²) in [6.45, 7) is 2.08. The Morgan fingerprint density at radius 2 is 2.00 bits per heavy atom. The summed E-state index contributed by atoms with van der Waals surface area (Å²) in [7, 11) is 0. The third kappa shape index (κ3) is 5.03. The number of hydrogen-bond donors (Lipinski definition) is 1. The summed E-state index contributed by atoms with van der Waals surface area (Å²) in [5.41, 5.74) is 3.04. The van der Waals surface area contributed by atoms with E-state index >= 15 is 0 Å². The van der Waals surface area contributed by atoms with Crippen LogP contribution in [-0.2, 0) is 4.79 Å². The van der Waals surface area contributed by atoms with Crippen molar-refractivity contribution >= 4 is 17.7 Å². The van der Waals surface area contributed by atoms with Gasteiger partial charge in [0.05, 0.1) is 29.9 Å². The number of carbonyl (C=O) groups excluding carboxylic acids is 1. The fourth-order valence-electron chi connectivity index (χ4n) is 3.73. The SMILES string of the molecule is Cc1ccccc1SCC(=O)NC1CCC(n2cc(-c3cnccn3)cn2)CC1. The normalized spacial score (nSPS) is 19.1. The maximum atomic E-state index is 12.3. The minimum atomic E-state index is 0.116. The second kappa shape index (κ2) is 9.22. The van der Waals surface area contributed by atoms with Gasteiger partial charge in [-0.05, 0) is 44.2 Å². The molecular formula is C22H25N5OS. The molecule has 0 saturated heterocycles. The lowest BCUT2D eigenvalue weighted by atomic mass is 9.91. The lowest BCUT2D eigenvalue weighted by molar-refractivity contribution is -0.119. The highest BCUT2D eigenvalue weighted by Gasteiger charge is 2.24. The summed E-state index contributed by atoms with van der Waals surface area (Å²) in [5.74, 6) is 0.580. The highest BCUT2D eigenvalue weighted by molar-refractivity contribution is 8.00. The molecule has 7 heteroatoms. The van der Waals surface area contributed by atoms with Crippen LogP contribution in [0.4, 0.5) is 0 Å². The van der Waals surface area contributed by atoms with Gasteiger partial charge in [-0.3, -0.25) is 19.4 Å². The molecule has 29 heavy (non-hydrogen) atoms. The number of nitrogens with one attached hydrogen (secondary N) is 1. The largest absolute Gasteiger partial charge is 0.353 e. The van der Waals surface area contributed by atoms with E-state index in [0.29, 0.717) is 11.8 Å². The van der Waals surface area contributed by atoms with E-state index in [2.05, 4.69) is 39.4 Å². The van der Waals surface area contributed by atoms with Crippen molar-refractivity contribution in [1.29, 1.82) is 0 Å². The van der Waals surface area contributed by atoms with Gasteiger partial charge in [0, 0.05) is 35.1 Å². The van der Waals surface area contributed by atoms with Gasteiger partial charge in [0.25, 0.3) is 0 Å². The van der Waals surface area contributed by atoms with Crippen molar-refractivity contribution < 1.29 is 4.79 Å². The predicted molar refractivity (Wildman–Crippen MR) is 115 cm³/mol. The van der Waals surface area contributed by atoms with Crippen molar-refractivity contribution in [2.24, 2.45) is 0 Å². The number of aryl methyl sites for hydroxylation is 1. The molecule has 1 N–H and O–H groups in total. The van der Waals surface area contributed by atoms with Gasteiger partial charge in [0.2, 0.25) is 5.91 Å². The van der Waals surface area contributed by atoms with Crippen molar-refractivity contribution in [2.45, 2.75) is 49.6 Å². The molecule has 1 aliphatic rings. The van der Waals surface area contributed by atoms with Gasteiger partial charge in [-0.25, -0.2) is 0 Å². The lowest BCUT2D eigenvalue weighted by Crippen LogP contribution is -2.39. The molecule has 2 aromatic heterocycles. The summed E-state index contributed by atoms with van der Waals surface area (Å²) in [5, 5.41) is 7.74. The summed E-state index contributed by atoms with van der Waals surface area (Å²) >= 11 is 1.60. The molecule has 2 heterocycles. The highest BCUT2D eigenvalue weighted by atomic mass is 32.2. The fourth-order valence-corrected chi connectivity index (χ4v) is 4.57. The van der Waals surface area contributed by atoms with Crippen LogP contribution in [0.25, 0.3) is 11.3 Å². The number of benzene rings is 1. The molecule has 1 aromatic carbocycles. The average Bonchev–Trinajstić information content (AvgIpc) is 3.25. The summed E-state index contributed by atoms with van der Waals surface area (Å²) in [6.07, 6.45) is 13.0. The number of hydrogen-bond acceptors (Lipinski definition) is 5. The van der Waals surface area contributed by atoms with Gasteiger partial charge in [-0.15, -0.1) is 11.8 Å². The Kier molecular flexibility index (Phi) is 6.24. The minimum Gasteiger partial charge on any atom is -0.353 e. The molecule has 0 unspecified atom stereocenters. The Hall–Kier alpha value is -2.67. The molecule has 3 aromatic rings. The molecule has 1 aliphatic carbocycles. The van der Waals surface area contributed by atoms with E-state index < -0.39 is 0 Å². The molecule has 0 aliphatic heterocycles. The van der Waals surface area contributed by atoms with E-state index in [9.17, 15) is 4.79 Å². The van der Waals surface area contributed by atoms with Crippen LogP contribution in [0.15, 0.2) is 60.1 Å². The fraction of sp³-hybridized carbons (Fsp3) is 0.364. The molecular weight excluding hydrogens is 382 g/mol. The zero-order chi connectivity index (χ0) is 20.1. The number of thioether (sulfide) groups is 1. The van der Waals surface area contributed by atoms with Crippen LogP contribution in [0.5, 0.6) is 0 Å². The van der Waals surface area contributed by atoms with Crippen molar-refractivity contribution in [3.63, 3.8) is 0 Å². The number of rotatable bonds is 6. The Balaban J connectivity index is 1.25. The molecule has 0 radical (unpaired) electrons. The first kappa shape index (κ1) is 19.6. The molecule has 0 bridgehead atoms. The molecule has 150 valence electrons. The molecule has 0 spiro atoms. The third-order valence-corrected chi connectivity index (χ3v) is 6.52. The van der Waals surface area contributed by atoms with E-state index in [1.54, 1.807) is 30.4 Å². The first-order chi connectivity index (χ1) is 14.2. The molecule has 0 atom stereocenters. The molecule has 1 saturated carbocycles. The maximum Gasteiger partial charge on any atom is 0.230 e. The third-order valence-electron chi connectivity index (χ3n) is 5.35. The van der Waals surface area contributed by atoms with Gasteiger partial charge in [-0.1, -0.05) is 18.2 Å². The summed E-state index contributed by atoms with van der Waals surface area (Å²) in [4.78, 5) is 22.0. The smallest absolute Gasteiger partial charge is 0.230 e. The van der Waals surface area contributed by atoms with Crippen molar-refractivity contribution in [1.82, 2.24) is 25.1 Å². The Bertz CT molecular complexity index is 951. The van der Waals surface area contributed by atoms with Crippen LogP contribution in [0.3, 0.4) is 0 Å². The average molecular weight is 408 g/mol. The second-order valence-electron chi connectivity index (χ2n) is 7.43.